The highest BCUT2D eigenvalue weighted by Crippen LogP contribution is 2.01. The molecule has 1 heterocycles. The average Bonchev–Trinajstić information content (AvgIpc) is 2.49. The van der Waals surface area contributed by atoms with Gasteiger partial charge in [-0.2, -0.15) is 5.10 Å². The second-order valence-corrected chi connectivity index (χ2v) is 3.30. The molecule has 74 valence electrons. The number of hydrogen-bond donors (Lipinski definition) is 2. The summed E-state index contributed by atoms with van der Waals surface area (Å²) in [5.41, 5.74) is 5.84. The van der Waals surface area contributed by atoms with Crippen molar-refractivity contribution in [3.63, 3.8) is 0 Å². The Hall–Kier alpha value is -1.03. The lowest BCUT2D eigenvalue weighted by Gasteiger charge is -2.10. The minimum atomic E-state index is 0.229. The SMILES string of the molecule is CCCC(N)CNc1ccn(C)n1. The monoisotopic (exact) mass is 182 g/mol. The zero-order valence-corrected chi connectivity index (χ0v) is 8.33. The number of aryl methyl sites for hydroxylation is 1. The smallest absolute Gasteiger partial charge is 0.148 e. The van der Waals surface area contributed by atoms with Gasteiger partial charge in [0, 0.05) is 31.9 Å². The molecule has 0 aromatic carbocycles. The summed E-state index contributed by atoms with van der Waals surface area (Å²) >= 11 is 0. The van der Waals surface area contributed by atoms with Gasteiger partial charge in [0.15, 0.2) is 0 Å². The molecule has 0 amide bonds. The first-order valence-corrected chi connectivity index (χ1v) is 4.71. The molecule has 1 atom stereocenters. The molecule has 0 radical (unpaired) electrons. The largest absolute Gasteiger partial charge is 0.367 e. The van der Waals surface area contributed by atoms with Crippen molar-refractivity contribution < 1.29 is 0 Å². The molecule has 1 aromatic rings. The minimum Gasteiger partial charge on any atom is -0.367 e. The summed E-state index contributed by atoms with van der Waals surface area (Å²) in [6, 6.07) is 2.17. The van der Waals surface area contributed by atoms with Gasteiger partial charge >= 0.3 is 0 Å². The van der Waals surface area contributed by atoms with Gasteiger partial charge in [-0.25, -0.2) is 0 Å². The third-order valence-corrected chi connectivity index (χ3v) is 1.92. The molecule has 1 rings (SSSR count). The fraction of sp³-hybridized carbons (Fsp3) is 0.667. The molecule has 0 aliphatic rings. The summed E-state index contributed by atoms with van der Waals surface area (Å²) in [6.07, 6.45) is 4.10. The Morgan fingerprint density at radius 2 is 2.46 bits per heavy atom. The molecule has 1 aromatic heterocycles. The summed E-state index contributed by atoms with van der Waals surface area (Å²) in [5.74, 6) is 0.897. The number of rotatable bonds is 5. The van der Waals surface area contributed by atoms with Crippen LogP contribution in [-0.2, 0) is 7.05 Å². The van der Waals surface area contributed by atoms with Crippen LogP contribution in [0.5, 0.6) is 0 Å². The lowest BCUT2D eigenvalue weighted by atomic mass is 10.2. The van der Waals surface area contributed by atoms with E-state index in [0.717, 1.165) is 25.2 Å². The van der Waals surface area contributed by atoms with Gasteiger partial charge in [-0.1, -0.05) is 13.3 Å². The predicted octanol–water partition coefficient (Wildman–Crippen LogP) is 0.959. The summed E-state index contributed by atoms with van der Waals surface area (Å²) in [6.45, 7) is 2.94. The first-order chi connectivity index (χ1) is 6.22. The van der Waals surface area contributed by atoms with E-state index >= 15 is 0 Å². The number of anilines is 1. The van der Waals surface area contributed by atoms with Crippen LogP contribution in [0.15, 0.2) is 12.3 Å². The average molecular weight is 182 g/mol. The maximum absolute atomic E-state index is 5.84. The van der Waals surface area contributed by atoms with Gasteiger partial charge in [0.1, 0.15) is 5.82 Å². The van der Waals surface area contributed by atoms with E-state index in [1.54, 1.807) is 4.68 Å². The van der Waals surface area contributed by atoms with Crippen molar-refractivity contribution in [2.45, 2.75) is 25.8 Å². The third-order valence-electron chi connectivity index (χ3n) is 1.92. The van der Waals surface area contributed by atoms with E-state index in [0.29, 0.717) is 0 Å². The van der Waals surface area contributed by atoms with E-state index in [2.05, 4.69) is 17.3 Å². The number of nitrogens with zero attached hydrogens (tertiary/aromatic N) is 2. The van der Waals surface area contributed by atoms with Crippen LogP contribution in [0, 0.1) is 0 Å². The van der Waals surface area contributed by atoms with Gasteiger partial charge in [0.2, 0.25) is 0 Å². The van der Waals surface area contributed by atoms with Gasteiger partial charge < -0.3 is 11.1 Å². The Morgan fingerprint density at radius 3 is 3.00 bits per heavy atom. The number of nitrogens with one attached hydrogen (secondary N) is 1. The maximum atomic E-state index is 5.84. The second-order valence-electron chi connectivity index (χ2n) is 3.30. The first kappa shape index (κ1) is 10.1. The van der Waals surface area contributed by atoms with Crippen molar-refractivity contribution in [2.75, 3.05) is 11.9 Å². The lowest BCUT2D eigenvalue weighted by Crippen LogP contribution is -2.28. The van der Waals surface area contributed by atoms with Crippen LogP contribution in [0.3, 0.4) is 0 Å². The Bertz CT molecular complexity index is 244. The number of nitrogens with two attached hydrogens (primary N) is 1. The normalized spacial score (nSPS) is 12.8. The highest BCUT2D eigenvalue weighted by atomic mass is 15.3. The van der Waals surface area contributed by atoms with Crippen LogP contribution in [0.1, 0.15) is 19.8 Å². The zero-order valence-electron chi connectivity index (χ0n) is 8.33. The van der Waals surface area contributed by atoms with Crippen LogP contribution in [-0.4, -0.2) is 22.4 Å². The summed E-state index contributed by atoms with van der Waals surface area (Å²) < 4.78 is 1.77. The molecule has 13 heavy (non-hydrogen) atoms. The molecule has 3 N–H and O–H groups in total. The first-order valence-electron chi connectivity index (χ1n) is 4.71. The van der Waals surface area contributed by atoms with Crippen LogP contribution in [0.2, 0.25) is 0 Å². The fourth-order valence-electron chi connectivity index (χ4n) is 1.22. The van der Waals surface area contributed by atoms with Crippen LogP contribution in [0.25, 0.3) is 0 Å². The highest BCUT2D eigenvalue weighted by molar-refractivity contribution is 5.32. The topological polar surface area (TPSA) is 55.9 Å². The van der Waals surface area contributed by atoms with Crippen molar-refractivity contribution in [3.05, 3.63) is 12.3 Å². The van der Waals surface area contributed by atoms with Gasteiger partial charge in [0.25, 0.3) is 0 Å². The maximum Gasteiger partial charge on any atom is 0.148 e. The number of aromatic nitrogens is 2. The Kier molecular flexibility index (Phi) is 3.76. The van der Waals surface area contributed by atoms with E-state index in [4.69, 9.17) is 5.73 Å². The Balaban J connectivity index is 2.26. The molecule has 4 heteroatoms. The Morgan fingerprint density at radius 1 is 1.69 bits per heavy atom. The zero-order chi connectivity index (χ0) is 9.68. The van der Waals surface area contributed by atoms with Gasteiger partial charge in [-0.3, -0.25) is 4.68 Å². The van der Waals surface area contributed by atoms with E-state index in [1.165, 1.54) is 0 Å². The minimum absolute atomic E-state index is 0.229. The lowest BCUT2D eigenvalue weighted by molar-refractivity contribution is 0.625. The van der Waals surface area contributed by atoms with Crippen molar-refractivity contribution in [3.8, 4) is 0 Å². The van der Waals surface area contributed by atoms with Gasteiger partial charge in [-0.05, 0) is 6.42 Å². The van der Waals surface area contributed by atoms with Crippen molar-refractivity contribution >= 4 is 5.82 Å². The molecular formula is C9H18N4. The molecule has 1 unspecified atom stereocenters. The summed E-state index contributed by atoms with van der Waals surface area (Å²) in [5, 5.41) is 7.39. The van der Waals surface area contributed by atoms with Crippen LogP contribution in [0.4, 0.5) is 5.82 Å². The molecule has 4 nitrogen and oxygen atoms in total. The van der Waals surface area contributed by atoms with Gasteiger partial charge in [0.05, 0.1) is 0 Å². The summed E-state index contributed by atoms with van der Waals surface area (Å²) in [4.78, 5) is 0. The van der Waals surface area contributed by atoms with Crippen molar-refractivity contribution in [1.29, 1.82) is 0 Å². The van der Waals surface area contributed by atoms with Crippen LogP contribution < -0.4 is 11.1 Å². The molecule has 0 bridgehead atoms. The fourth-order valence-corrected chi connectivity index (χ4v) is 1.22. The standard InChI is InChI=1S/C9H18N4/c1-3-4-8(10)7-11-9-5-6-13(2)12-9/h5-6,8H,3-4,7,10H2,1-2H3,(H,11,12). The highest BCUT2D eigenvalue weighted by Gasteiger charge is 2.01. The summed E-state index contributed by atoms with van der Waals surface area (Å²) in [7, 11) is 1.90. The van der Waals surface area contributed by atoms with E-state index in [-0.39, 0.29) is 6.04 Å². The molecule has 0 fully saturated rings. The van der Waals surface area contributed by atoms with Crippen LogP contribution >= 0.6 is 0 Å². The molecule has 0 saturated heterocycles. The van der Waals surface area contributed by atoms with Crippen molar-refractivity contribution in [1.82, 2.24) is 9.78 Å². The quantitative estimate of drug-likeness (QED) is 0.713. The van der Waals surface area contributed by atoms with E-state index < -0.39 is 0 Å². The number of hydrogen-bond acceptors (Lipinski definition) is 3. The van der Waals surface area contributed by atoms with E-state index in [9.17, 15) is 0 Å². The molecule has 0 aliphatic carbocycles. The third kappa shape index (κ3) is 3.46. The molecular weight excluding hydrogens is 164 g/mol. The predicted molar refractivity (Wildman–Crippen MR) is 54.6 cm³/mol. The second kappa shape index (κ2) is 4.87. The molecule has 0 aliphatic heterocycles. The van der Waals surface area contributed by atoms with E-state index in [1.807, 2.05) is 19.3 Å². The van der Waals surface area contributed by atoms with Crippen molar-refractivity contribution in [2.24, 2.45) is 12.8 Å². The Labute approximate surface area is 79.1 Å². The van der Waals surface area contributed by atoms with Gasteiger partial charge in [-0.15, -0.1) is 0 Å². The molecule has 0 spiro atoms. The molecule has 0 saturated carbocycles.